The molecule has 1 amide bonds. The van der Waals surface area contributed by atoms with Gasteiger partial charge in [-0.2, -0.15) is 10.1 Å². The Kier molecular flexibility index (Phi) is 3.91. The summed E-state index contributed by atoms with van der Waals surface area (Å²) in [5.74, 6) is 0.857. The van der Waals surface area contributed by atoms with Gasteiger partial charge in [-0.05, 0) is 43.9 Å². The number of fused-ring (bicyclic) bond motifs is 1. The lowest BCUT2D eigenvalue weighted by Crippen LogP contribution is -2.40. The number of likely N-dealkylation sites (tertiary alicyclic amines) is 1. The van der Waals surface area contributed by atoms with Gasteiger partial charge >= 0.3 is 0 Å². The SMILES string of the molecule is CC1=C(C(=O)N2CCCCC2)C(c2ccc(O)cc2)n2ncnc2N1. The molecular weight excluding hydrogens is 318 g/mol. The number of anilines is 1. The molecule has 25 heavy (non-hydrogen) atoms. The Labute approximate surface area is 146 Å². The molecule has 1 unspecified atom stereocenters. The Morgan fingerprint density at radius 2 is 1.92 bits per heavy atom. The fourth-order valence-corrected chi connectivity index (χ4v) is 3.60. The molecule has 4 rings (SSSR count). The summed E-state index contributed by atoms with van der Waals surface area (Å²) in [4.78, 5) is 19.4. The molecule has 7 heteroatoms. The summed E-state index contributed by atoms with van der Waals surface area (Å²) in [6, 6.07) is 6.56. The number of phenols is 1. The smallest absolute Gasteiger partial charge is 0.254 e. The summed E-state index contributed by atoms with van der Waals surface area (Å²) in [6.07, 6.45) is 4.75. The lowest BCUT2D eigenvalue weighted by molar-refractivity contribution is -0.128. The number of nitrogens with one attached hydrogen (secondary N) is 1. The van der Waals surface area contributed by atoms with Gasteiger partial charge in [-0.15, -0.1) is 0 Å². The molecule has 0 radical (unpaired) electrons. The van der Waals surface area contributed by atoms with E-state index in [1.54, 1.807) is 16.8 Å². The predicted octanol–water partition coefficient (Wildman–Crippen LogP) is 2.29. The van der Waals surface area contributed by atoms with Crippen LogP contribution in [0.3, 0.4) is 0 Å². The van der Waals surface area contributed by atoms with Crippen molar-refractivity contribution >= 4 is 11.9 Å². The molecule has 0 saturated carbocycles. The number of aromatic nitrogens is 3. The van der Waals surface area contributed by atoms with Crippen molar-refractivity contribution in [2.75, 3.05) is 18.4 Å². The Hall–Kier alpha value is -2.83. The first-order valence-electron chi connectivity index (χ1n) is 8.60. The molecule has 1 aromatic carbocycles. The van der Waals surface area contributed by atoms with E-state index in [-0.39, 0.29) is 17.7 Å². The van der Waals surface area contributed by atoms with Gasteiger partial charge in [0.1, 0.15) is 18.1 Å². The molecule has 0 aliphatic carbocycles. The zero-order valence-corrected chi connectivity index (χ0v) is 14.1. The average molecular weight is 339 g/mol. The molecular formula is C18H21N5O2. The van der Waals surface area contributed by atoms with E-state index < -0.39 is 0 Å². The van der Waals surface area contributed by atoms with Crippen molar-refractivity contribution in [3.05, 3.63) is 47.4 Å². The molecule has 2 aromatic rings. The number of amides is 1. The summed E-state index contributed by atoms with van der Waals surface area (Å²) in [5.41, 5.74) is 2.38. The zero-order valence-electron chi connectivity index (χ0n) is 14.1. The van der Waals surface area contributed by atoms with E-state index in [4.69, 9.17) is 0 Å². The van der Waals surface area contributed by atoms with E-state index in [0.717, 1.165) is 37.2 Å². The highest BCUT2D eigenvalue weighted by Crippen LogP contribution is 2.36. The summed E-state index contributed by atoms with van der Waals surface area (Å²) < 4.78 is 1.73. The second-order valence-corrected chi connectivity index (χ2v) is 6.54. The molecule has 2 aliphatic heterocycles. The van der Waals surface area contributed by atoms with Crippen LogP contribution in [0.2, 0.25) is 0 Å². The maximum atomic E-state index is 13.3. The van der Waals surface area contributed by atoms with Crippen LogP contribution in [0.5, 0.6) is 5.75 Å². The number of rotatable bonds is 2. The van der Waals surface area contributed by atoms with E-state index in [9.17, 15) is 9.90 Å². The highest BCUT2D eigenvalue weighted by atomic mass is 16.3. The summed E-state index contributed by atoms with van der Waals surface area (Å²) >= 11 is 0. The van der Waals surface area contributed by atoms with Crippen molar-refractivity contribution in [2.24, 2.45) is 0 Å². The van der Waals surface area contributed by atoms with Gasteiger partial charge in [-0.3, -0.25) is 4.79 Å². The van der Waals surface area contributed by atoms with Crippen LogP contribution in [0.1, 0.15) is 37.8 Å². The molecule has 1 saturated heterocycles. The number of hydrogen-bond donors (Lipinski definition) is 2. The maximum absolute atomic E-state index is 13.3. The Morgan fingerprint density at radius 3 is 2.64 bits per heavy atom. The molecule has 1 fully saturated rings. The van der Waals surface area contributed by atoms with E-state index in [1.165, 1.54) is 12.7 Å². The number of piperidine rings is 1. The first-order valence-corrected chi connectivity index (χ1v) is 8.60. The number of phenolic OH excluding ortho intramolecular Hbond substituents is 1. The van der Waals surface area contributed by atoms with E-state index in [2.05, 4.69) is 15.4 Å². The van der Waals surface area contributed by atoms with Gasteiger partial charge in [0.25, 0.3) is 5.91 Å². The zero-order chi connectivity index (χ0) is 17.4. The van der Waals surface area contributed by atoms with Gasteiger partial charge in [0.15, 0.2) is 0 Å². The molecule has 2 aliphatic rings. The molecule has 0 spiro atoms. The van der Waals surface area contributed by atoms with Crippen molar-refractivity contribution < 1.29 is 9.90 Å². The van der Waals surface area contributed by atoms with Crippen molar-refractivity contribution in [3.63, 3.8) is 0 Å². The van der Waals surface area contributed by atoms with Crippen molar-refractivity contribution in [3.8, 4) is 5.75 Å². The average Bonchev–Trinajstić information content (AvgIpc) is 3.09. The third-order valence-electron chi connectivity index (χ3n) is 4.88. The molecule has 130 valence electrons. The summed E-state index contributed by atoms with van der Waals surface area (Å²) in [7, 11) is 0. The minimum atomic E-state index is -0.353. The van der Waals surface area contributed by atoms with E-state index in [0.29, 0.717) is 11.5 Å². The second kappa shape index (κ2) is 6.23. The molecule has 3 heterocycles. The highest BCUT2D eigenvalue weighted by molar-refractivity contribution is 5.96. The number of allylic oxidation sites excluding steroid dienone is 1. The van der Waals surface area contributed by atoms with Crippen LogP contribution in [-0.4, -0.2) is 43.8 Å². The van der Waals surface area contributed by atoms with Gasteiger partial charge in [-0.1, -0.05) is 12.1 Å². The van der Waals surface area contributed by atoms with Crippen LogP contribution < -0.4 is 5.32 Å². The van der Waals surface area contributed by atoms with E-state index >= 15 is 0 Å². The topological polar surface area (TPSA) is 83.3 Å². The molecule has 7 nitrogen and oxygen atoms in total. The number of benzene rings is 1. The normalized spacial score (nSPS) is 20.2. The van der Waals surface area contributed by atoms with Gasteiger partial charge in [0.2, 0.25) is 5.95 Å². The minimum absolute atomic E-state index is 0.0453. The van der Waals surface area contributed by atoms with Gasteiger partial charge in [0, 0.05) is 18.8 Å². The molecule has 2 N–H and O–H groups in total. The number of aromatic hydroxyl groups is 1. The number of carbonyl (C=O) groups excluding carboxylic acids is 1. The van der Waals surface area contributed by atoms with Crippen molar-refractivity contribution in [1.82, 2.24) is 19.7 Å². The van der Waals surface area contributed by atoms with Gasteiger partial charge in [0.05, 0.1) is 5.57 Å². The number of carbonyl (C=O) groups is 1. The Morgan fingerprint density at radius 1 is 1.20 bits per heavy atom. The number of hydrogen-bond acceptors (Lipinski definition) is 5. The number of nitrogens with zero attached hydrogens (tertiary/aromatic N) is 4. The maximum Gasteiger partial charge on any atom is 0.254 e. The second-order valence-electron chi connectivity index (χ2n) is 6.54. The lowest BCUT2D eigenvalue weighted by Gasteiger charge is -2.34. The van der Waals surface area contributed by atoms with Crippen LogP contribution in [-0.2, 0) is 4.79 Å². The lowest BCUT2D eigenvalue weighted by atomic mass is 9.94. The highest BCUT2D eigenvalue weighted by Gasteiger charge is 2.35. The van der Waals surface area contributed by atoms with Gasteiger partial charge in [-0.25, -0.2) is 4.68 Å². The minimum Gasteiger partial charge on any atom is -0.508 e. The fourth-order valence-electron chi connectivity index (χ4n) is 3.60. The Bertz CT molecular complexity index is 818. The Balaban J connectivity index is 1.78. The fraction of sp³-hybridized carbons (Fsp3) is 0.389. The van der Waals surface area contributed by atoms with Crippen molar-refractivity contribution in [1.29, 1.82) is 0 Å². The summed E-state index contributed by atoms with van der Waals surface area (Å²) in [5, 5.41) is 17.1. The molecule has 0 bridgehead atoms. The third kappa shape index (κ3) is 2.75. The van der Waals surface area contributed by atoms with Crippen molar-refractivity contribution in [2.45, 2.75) is 32.2 Å². The largest absolute Gasteiger partial charge is 0.508 e. The standard InChI is InChI=1S/C18H21N5O2/c1-12-15(17(25)22-9-3-2-4-10-22)16(13-5-7-14(24)8-6-13)23-18(21-12)19-11-20-23/h5-8,11,16,24H,2-4,9-10H2,1H3,(H,19,20,21). The monoisotopic (exact) mass is 339 g/mol. The summed E-state index contributed by atoms with van der Waals surface area (Å²) in [6.45, 7) is 3.49. The van der Waals surface area contributed by atoms with Crippen LogP contribution in [0.4, 0.5) is 5.95 Å². The van der Waals surface area contributed by atoms with Crippen LogP contribution in [0, 0.1) is 0 Å². The van der Waals surface area contributed by atoms with Gasteiger partial charge < -0.3 is 15.3 Å². The van der Waals surface area contributed by atoms with Crippen LogP contribution >= 0.6 is 0 Å². The predicted molar refractivity (Wildman–Crippen MR) is 93.0 cm³/mol. The van der Waals surface area contributed by atoms with Crippen LogP contribution in [0.15, 0.2) is 41.9 Å². The first-order chi connectivity index (χ1) is 12.1. The van der Waals surface area contributed by atoms with E-state index in [1.807, 2.05) is 24.0 Å². The molecule has 1 atom stereocenters. The van der Waals surface area contributed by atoms with Crippen LogP contribution in [0.25, 0.3) is 0 Å². The first kappa shape index (κ1) is 15.7. The quantitative estimate of drug-likeness (QED) is 0.877. The third-order valence-corrected chi connectivity index (χ3v) is 4.88. The molecule has 1 aromatic heterocycles.